The number of hydrogen-bond donors (Lipinski definition) is 2. The number of nitrogens with two attached hydrogens (primary N) is 1. The molecule has 0 aliphatic heterocycles. The summed E-state index contributed by atoms with van der Waals surface area (Å²) in [5.74, 6) is 0.835. The maximum Gasteiger partial charge on any atom is 0.0502 e. The van der Waals surface area contributed by atoms with E-state index in [1.807, 2.05) is 0 Å². The second-order valence-corrected chi connectivity index (χ2v) is 3.97. The van der Waals surface area contributed by atoms with Gasteiger partial charge in [-0.3, -0.25) is 0 Å². The van der Waals surface area contributed by atoms with E-state index in [1.54, 1.807) is 0 Å². The van der Waals surface area contributed by atoms with E-state index < -0.39 is 0 Å². The summed E-state index contributed by atoms with van der Waals surface area (Å²) >= 11 is 0. The van der Waals surface area contributed by atoms with Crippen molar-refractivity contribution in [2.24, 2.45) is 17.1 Å². The Morgan fingerprint density at radius 1 is 1.55 bits per heavy atom. The van der Waals surface area contributed by atoms with E-state index >= 15 is 0 Å². The number of aliphatic hydroxyl groups excluding tert-OH is 1. The average Bonchev–Trinajstić information content (AvgIpc) is 2.44. The van der Waals surface area contributed by atoms with Gasteiger partial charge in [0.05, 0.1) is 6.61 Å². The molecule has 3 heteroatoms. The molecule has 0 spiro atoms. The fourth-order valence-electron chi connectivity index (χ4n) is 2.68. The number of fused-ring (bicyclic) bond motifs is 2. The van der Waals surface area contributed by atoms with Gasteiger partial charge in [0.1, 0.15) is 0 Å². The Kier molecular flexibility index (Phi) is 2.47. The van der Waals surface area contributed by atoms with Crippen LogP contribution in [0.15, 0.2) is 0 Å². The Balaban J connectivity index is 0.000000605. The molecule has 2 bridgehead atoms. The van der Waals surface area contributed by atoms with Crippen molar-refractivity contribution >= 4 is 12.4 Å². The topological polar surface area (TPSA) is 46.2 Å². The lowest BCUT2D eigenvalue weighted by molar-refractivity contribution is 0.115. The van der Waals surface area contributed by atoms with Crippen LogP contribution < -0.4 is 5.73 Å². The predicted octanol–water partition coefficient (Wildman–Crippen LogP) is 0.918. The SMILES string of the molecule is Cl.NC1CC2CCC1(CO)C2. The first kappa shape index (κ1) is 9.30. The van der Waals surface area contributed by atoms with Gasteiger partial charge in [0.25, 0.3) is 0 Å². The summed E-state index contributed by atoms with van der Waals surface area (Å²) in [7, 11) is 0. The Labute approximate surface area is 73.6 Å². The van der Waals surface area contributed by atoms with Crippen LogP contribution in [0.5, 0.6) is 0 Å². The molecule has 2 aliphatic carbocycles. The Hall–Kier alpha value is 0.210. The van der Waals surface area contributed by atoms with Crippen LogP contribution >= 0.6 is 12.4 Å². The molecule has 3 atom stereocenters. The molecule has 0 amide bonds. The molecule has 2 saturated carbocycles. The maximum atomic E-state index is 9.13. The lowest BCUT2D eigenvalue weighted by Crippen LogP contribution is -2.40. The summed E-state index contributed by atoms with van der Waals surface area (Å²) in [6.45, 7) is 0.310. The summed E-state index contributed by atoms with van der Waals surface area (Å²) in [4.78, 5) is 0. The highest BCUT2D eigenvalue weighted by atomic mass is 35.5. The Morgan fingerprint density at radius 3 is 2.55 bits per heavy atom. The molecule has 0 heterocycles. The number of rotatable bonds is 1. The number of hydrogen-bond acceptors (Lipinski definition) is 2. The fraction of sp³-hybridized carbons (Fsp3) is 1.00. The molecule has 2 rings (SSSR count). The highest BCUT2D eigenvalue weighted by Crippen LogP contribution is 2.52. The van der Waals surface area contributed by atoms with Gasteiger partial charge in [-0.2, -0.15) is 0 Å². The van der Waals surface area contributed by atoms with Crippen LogP contribution in [0.2, 0.25) is 0 Å². The molecule has 0 radical (unpaired) electrons. The largest absolute Gasteiger partial charge is 0.396 e. The molecule has 3 unspecified atom stereocenters. The first-order chi connectivity index (χ1) is 4.77. The Morgan fingerprint density at radius 2 is 2.27 bits per heavy atom. The number of aliphatic hydroxyl groups is 1. The quantitative estimate of drug-likeness (QED) is 0.626. The maximum absolute atomic E-state index is 9.13. The average molecular weight is 178 g/mol. The van der Waals surface area contributed by atoms with E-state index in [4.69, 9.17) is 10.8 Å². The van der Waals surface area contributed by atoms with Gasteiger partial charge in [-0.1, -0.05) is 0 Å². The minimum atomic E-state index is 0. The fourth-order valence-corrected chi connectivity index (χ4v) is 2.68. The van der Waals surface area contributed by atoms with E-state index in [1.165, 1.54) is 12.8 Å². The normalized spacial score (nSPS) is 47.5. The molecule has 0 aromatic rings. The summed E-state index contributed by atoms with van der Waals surface area (Å²) < 4.78 is 0. The summed E-state index contributed by atoms with van der Waals surface area (Å²) in [6, 6.07) is 0.288. The zero-order chi connectivity index (χ0) is 7.19. The van der Waals surface area contributed by atoms with Crippen molar-refractivity contribution < 1.29 is 5.11 Å². The molecule has 2 nitrogen and oxygen atoms in total. The highest BCUT2D eigenvalue weighted by molar-refractivity contribution is 5.85. The van der Waals surface area contributed by atoms with Gasteiger partial charge in [0.15, 0.2) is 0 Å². The zero-order valence-electron chi connectivity index (χ0n) is 6.62. The third-order valence-electron chi connectivity index (χ3n) is 3.43. The van der Waals surface area contributed by atoms with Gasteiger partial charge in [-0.15, -0.1) is 12.4 Å². The van der Waals surface area contributed by atoms with Crippen molar-refractivity contribution in [3.05, 3.63) is 0 Å². The molecule has 2 aliphatic rings. The van der Waals surface area contributed by atoms with Crippen molar-refractivity contribution in [3.8, 4) is 0 Å². The zero-order valence-corrected chi connectivity index (χ0v) is 7.44. The van der Waals surface area contributed by atoms with Gasteiger partial charge in [-0.05, 0) is 31.6 Å². The second kappa shape index (κ2) is 2.92. The first-order valence-electron chi connectivity index (χ1n) is 4.13. The predicted molar refractivity (Wildman–Crippen MR) is 46.7 cm³/mol. The summed E-state index contributed by atoms with van der Waals surface area (Å²) in [5.41, 5.74) is 6.05. The van der Waals surface area contributed by atoms with E-state index in [2.05, 4.69) is 0 Å². The van der Waals surface area contributed by atoms with Crippen LogP contribution in [-0.4, -0.2) is 17.8 Å². The third-order valence-corrected chi connectivity index (χ3v) is 3.43. The van der Waals surface area contributed by atoms with Gasteiger partial charge in [0, 0.05) is 11.5 Å². The van der Waals surface area contributed by atoms with E-state index in [-0.39, 0.29) is 23.9 Å². The monoisotopic (exact) mass is 177 g/mol. The molecule has 2 fully saturated rings. The lowest BCUT2D eigenvalue weighted by atomic mass is 9.81. The van der Waals surface area contributed by atoms with Crippen LogP contribution in [-0.2, 0) is 0 Å². The molecular weight excluding hydrogens is 162 g/mol. The highest BCUT2D eigenvalue weighted by Gasteiger charge is 2.49. The van der Waals surface area contributed by atoms with Crippen molar-refractivity contribution in [1.29, 1.82) is 0 Å². The molecule has 0 aromatic carbocycles. The molecule has 3 N–H and O–H groups in total. The van der Waals surface area contributed by atoms with Crippen LogP contribution in [0.3, 0.4) is 0 Å². The molecule has 11 heavy (non-hydrogen) atoms. The van der Waals surface area contributed by atoms with E-state index in [9.17, 15) is 0 Å². The van der Waals surface area contributed by atoms with Gasteiger partial charge >= 0.3 is 0 Å². The summed E-state index contributed by atoms with van der Waals surface area (Å²) in [5, 5.41) is 9.13. The standard InChI is InChI=1S/C8H15NO.ClH/c9-7-3-6-1-2-8(7,4-6)5-10;/h6-7,10H,1-5,9H2;1H. The lowest BCUT2D eigenvalue weighted by Gasteiger charge is -2.30. The van der Waals surface area contributed by atoms with Gasteiger partial charge in [-0.25, -0.2) is 0 Å². The van der Waals surface area contributed by atoms with Gasteiger partial charge < -0.3 is 10.8 Å². The molecular formula is C8H16ClNO. The molecule has 0 saturated heterocycles. The summed E-state index contributed by atoms with van der Waals surface area (Å²) in [6.07, 6.45) is 4.80. The van der Waals surface area contributed by atoms with E-state index in [0.717, 1.165) is 18.8 Å². The minimum absolute atomic E-state index is 0. The van der Waals surface area contributed by atoms with Crippen molar-refractivity contribution in [2.75, 3.05) is 6.61 Å². The van der Waals surface area contributed by atoms with Crippen molar-refractivity contribution in [2.45, 2.75) is 31.7 Å². The van der Waals surface area contributed by atoms with Crippen molar-refractivity contribution in [3.63, 3.8) is 0 Å². The van der Waals surface area contributed by atoms with E-state index in [0.29, 0.717) is 6.61 Å². The smallest absolute Gasteiger partial charge is 0.0502 e. The molecule has 0 aromatic heterocycles. The number of halogens is 1. The van der Waals surface area contributed by atoms with Crippen LogP contribution in [0, 0.1) is 11.3 Å². The van der Waals surface area contributed by atoms with Crippen LogP contribution in [0.1, 0.15) is 25.7 Å². The third kappa shape index (κ3) is 1.17. The molecule has 66 valence electrons. The van der Waals surface area contributed by atoms with Crippen LogP contribution in [0.4, 0.5) is 0 Å². The van der Waals surface area contributed by atoms with Gasteiger partial charge in [0.2, 0.25) is 0 Å². The first-order valence-corrected chi connectivity index (χ1v) is 4.13. The van der Waals surface area contributed by atoms with Crippen LogP contribution in [0.25, 0.3) is 0 Å². The Bertz CT molecular complexity index is 153. The second-order valence-electron chi connectivity index (χ2n) is 3.97. The minimum Gasteiger partial charge on any atom is -0.396 e. The van der Waals surface area contributed by atoms with Crippen molar-refractivity contribution in [1.82, 2.24) is 0 Å².